The first kappa shape index (κ1) is 14.8. The molecule has 3 heterocycles. The van der Waals surface area contributed by atoms with E-state index in [2.05, 4.69) is 0 Å². The first-order valence-corrected chi connectivity index (χ1v) is 8.70. The van der Waals surface area contributed by atoms with E-state index in [0.29, 0.717) is 17.9 Å². The van der Waals surface area contributed by atoms with E-state index in [1.54, 1.807) is 17.0 Å². The Kier molecular flexibility index (Phi) is 3.09. The van der Waals surface area contributed by atoms with Crippen LogP contribution in [-0.2, 0) is 14.9 Å². The average Bonchev–Trinajstić information content (AvgIpc) is 3.32. The maximum absolute atomic E-state index is 13.6. The molecular formula is C20H19NO4. The largest absolute Gasteiger partial charge is 0.508 e. The van der Waals surface area contributed by atoms with Gasteiger partial charge in [-0.15, -0.1) is 0 Å². The van der Waals surface area contributed by atoms with E-state index in [9.17, 15) is 9.90 Å². The zero-order valence-electron chi connectivity index (χ0n) is 13.8. The van der Waals surface area contributed by atoms with Crippen LogP contribution in [0.25, 0.3) is 0 Å². The summed E-state index contributed by atoms with van der Waals surface area (Å²) < 4.78 is 11.6. The predicted molar refractivity (Wildman–Crippen MR) is 92.2 cm³/mol. The predicted octanol–water partition coefficient (Wildman–Crippen LogP) is 2.60. The maximum Gasteiger partial charge on any atom is 0.246 e. The van der Waals surface area contributed by atoms with Crippen LogP contribution in [0.15, 0.2) is 42.5 Å². The van der Waals surface area contributed by atoms with Crippen molar-refractivity contribution in [2.24, 2.45) is 0 Å². The lowest BCUT2D eigenvalue weighted by atomic mass is 9.76. The number of phenolic OH excluding ortho intramolecular Hbond substituents is 1. The summed E-state index contributed by atoms with van der Waals surface area (Å²) in [6.07, 6.45) is 2.03. The van der Waals surface area contributed by atoms with E-state index < -0.39 is 5.41 Å². The quantitative estimate of drug-likeness (QED) is 0.915. The second kappa shape index (κ2) is 5.23. The van der Waals surface area contributed by atoms with Gasteiger partial charge < -0.3 is 19.5 Å². The molecule has 1 amide bonds. The number of anilines is 1. The molecule has 0 saturated carbocycles. The van der Waals surface area contributed by atoms with Gasteiger partial charge in [-0.1, -0.05) is 24.3 Å². The van der Waals surface area contributed by atoms with Gasteiger partial charge in [0.2, 0.25) is 5.91 Å². The normalized spacial score (nSPS) is 26.8. The SMILES string of the molecule is O=C1N(C[C@H]2CCCO2)c2cccc(O)c2C12COc1ccccc12. The molecule has 0 bridgehead atoms. The summed E-state index contributed by atoms with van der Waals surface area (Å²) in [5.74, 6) is 0.814. The number of para-hydroxylation sites is 1. The van der Waals surface area contributed by atoms with Crippen molar-refractivity contribution >= 4 is 11.6 Å². The molecule has 1 spiro atoms. The molecule has 1 N–H and O–H groups in total. The number of hydrogen-bond donors (Lipinski definition) is 1. The molecule has 1 unspecified atom stereocenters. The first-order chi connectivity index (χ1) is 12.2. The summed E-state index contributed by atoms with van der Waals surface area (Å²) in [6.45, 7) is 1.48. The number of carbonyl (C=O) groups excluding carboxylic acids is 1. The second-order valence-electron chi connectivity index (χ2n) is 6.91. The Morgan fingerprint density at radius 2 is 2.08 bits per heavy atom. The lowest BCUT2D eigenvalue weighted by molar-refractivity contribution is -0.122. The Morgan fingerprint density at radius 3 is 2.92 bits per heavy atom. The molecular weight excluding hydrogens is 318 g/mol. The number of carbonyl (C=O) groups is 1. The zero-order valence-corrected chi connectivity index (χ0v) is 13.8. The van der Waals surface area contributed by atoms with Gasteiger partial charge in [0.25, 0.3) is 0 Å². The second-order valence-corrected chi connectivity index (χ2v) is 6.91. The van der Waals surface area contributed by atoms with Crippen LogP contribution >= 0.6 is 0 Å². The van der Waals surface area contributed by atoms with Crippen molar-refractivity contribution in [1.29, 1.82) is 0 Å². The molecule has 0 aromatic heterocycles. The van der Waals surface area contributed by atoms with Crippen LogP contribution in [0.3, 0.4) is 0 Å². The molecule has 25 heavy (non-hydrogen) atoms. The molecule has 1 saturated heterocycles. The van der Waals surface area contributed by atoms with Crippen LogP contribution in [0.5, 0.6) is 11.5 Å². The monoisotopic (exact) mass is 337 g/mol. The molecule has 0 aliphatic carbocycles. The van der Waals surface area contributed by atoms with Crippen molar-refractivity contribution in [3.63, 3.8) is 0 Å². The van der Waals surface area contributed by atoms with E-state index >= 15 is 0 Å². The molecule has 2 aromatic carbocycles. The molecule has 5 nitrogen and oxygen atoms in total. The number of hydrogen-bond acceptors (Lipinski definition) is 4. The van der Waals surface area contributed by atoms with E-state index in [0.717, 1.165) is 30.7 Å². The van der Waals surface area contributed by atoms with Gasteiger partial charge in [-0.05, 0) is 31.0 Å². The van der Waals surface area contributed by atoms with Gasteiger partial charge in [-0.2, -0.15) is 0 Å². The first-order valence-electron chi connectivity index (χ1n) is 8.70. The maximum atomic E-state index is 13.6. The Hall–Kier alpha value is -2.53. The summed E-state index contributed by atoms with van der Waals surface area (Å²) >= 11 is 0. The minimum atomic E-state index is -0.962. The van der Waals surface area contributed by atoms with Crippen LogP contribution in [0, 0.1) is 0 Å². The van der Waals surface area contributed by atoms with Crippen molar-refractivity contribution in [2.75, 3.05) is 24.7 Å². The lowest BCUT2D eigenvalue weighted by Gasteiger charge is -2.24. The molecule has 2 atom stereocenters. The number of fused-ring (bicyclic) bond motifs is 4. The lowest BCUT2D eigenvalue weighted by Crippen LogP contribution is -2.44. The van der Waals surface area contributed by atoms with Crippen LogP contribution in [0.2, 0.25) is 0 Å². The topological polar surface area (TPSA) is 59.0 Å². The van der Waals surface area contributed by atoms with E-state index in [1.807, 2.05) is 30.3 Å². The number of nitrogens with zero attached hydrogens (tertiary/aromatic N) is 1. The van der Waals surface area contributed by atoms with Crippen molar-refractivity contribution in [2.45, 2.75) is 24.4 Å². The van der Waals surface area contributed by atoms with Gasteiger partial charge in [-0.3, -0.25) is 4.79 Å². The minimum Gasteiger partial charge on any atom is -0.508 e. The van der Waals surface area contributed by atoms with E-state index in [1.165, 1.54) is 0 Å². The zero-order chi connectivity index (χ0) is 17.0. The highest BCUT2D eigenvalue weighted by atomic mass is 16.5. The van der Waals surface area contributed by atoms with E-state index in [-0.39, 0.29) is 24.4 Å². The van der Waals surface area contributed by atoms with Gasteiger partial charge in [0.15, 0.2) is 0 Å². The van der Waals surface area contributed by atoms with Gasteiger partial charge in [0, 0.05) is 17.7 Å². The number of aromatic hydroxyl groups is 1. The number of ether oxygens (including phenoxy) is 2. The molecule has 1 fully saturated rings. The van der Waals surface area contributed by atoms with Crippen LogP contribution in [-0.4, -0.2) is 36.9 Å². The number of phenols is 1. The standard InChI is InChI=1S/C20H19NO4/c22-16-8-3-7-15-18(16)20(12-25-17-9-2-1-6-14(17)20)19(23)21(15)11-13-5-4-10-24-13/h1-3,6-9,13,22H,4-5,10-12H2/t13-,20?/m1/s1. The fourth-order valence-corrected chi connectivity index (χ4v) is 4.40. The highest BCUT2D eigenvalue weighted by Crippen LogP contribution is 2.55. The summed E-state index contributed by atoms with van der Waals surface area (Å²) in [4.78, 5) is 15.3. The third-order valence-electron chi connectivity index (χ3n) is 5.55. The molecule has 5 rings (SSSR count). The fraction of sp³-hybridized carbons (Fsp3) is 0.350. The smallest absolute Gasteiger partial charge is 0.246 e. The Morgan fingerprint density at radius 1 is 1.20 bits per heavy atom. The molecule has 3 aliphatic heterocycles. The van der Waals surface area contributed by atoms with Crippen molar-refractivity contribution < 1.29 is 19.4 Å². The Balaban J connectivity index is 1.68. The van der Waals surface area contributed by atoms with Gasteiger partial charge in [-0.25, -0.2) is 0 Å². The van der Waals surface area contributed by atoms with Crippen molar-refractivity contribution in [1.82, 2.24) is 0 Å². The highest BCUT2D eigenvalue weighted by molar-refractivity contribution is 6.12. The van der Waals surface area contributed by atoms with Gasteiger partial charge >= 0.3 is 0 Å². The van der Waals surface area contributed by atoms with E-state index in [4.69, 9.17) is 9.47 Å². The third-order valence-corrected chi connectivity index (χ3v) is 5.55. The third kappa shape index (κ3) is 1.90. The molecule has 128 valence electrons. The van der Waals surface area contributed by atoms with Gasteiger partial charge in [0.05, 0.1) is 18.3 Å². The summed E-state index contributed by atoms with van der Waals surface area (Å²) in [5.41, 5.74) is 1.29. The highest BCUT2D eigenvalue weighted by Gasteiger charge is 2.58. The van der Waals surface area contributed by atoms with Crippen LogP contribution in [0.1, 0.15) is 24.0 Å². The van der Waals surface area contributed by atoms with Crippen LogP contribution < -0.4 is 9.64 Å². The summed E-state index contributed by atoms with van der Waals surface area (Å²) in [7, 11) is 0. The Labute approximate surface area is 145 Å². The van der Waals surface area contributed by atoms with Crippen molar-refractivity contribution in [3.05, 3.63) is 53.6 Å². The number of rotatable bonds is 2. The van der Waals surface area contributed by atoms with Gasteiger partial charge in [0.1, 0.15) is 23.5 Å². The van der Waals surface area contributed by atoms with Crippen LogP contribution in [0.4, 0.5) is 5.69 Å². The molecule has 0 radical (unpaired) electrons. The summed E-state index contributed by atoms with van der Waals surface area (Å²) in [5, 5.41) is 10.6. The number of amides is 1. The average molecular weight is 337 g/mol. The summed E-state index contributed by atoms with van der Waals surface area (Å²) in [6, 6.07) is 12.9. The fourth-order valence-electron chi connectivity index (χ4n) is 4.40. The molecule has 5 heteroatoms. The van der Waals surface area contributed by atoms with Crippen molar-refractivity contribution in [3.8, 4) is 11.5 Å². The number of benzene rings is 2. The Bertz CT molecular complexity index is 859. The molecule has 3 aliphatic rings. The molecule has 2 aromatic rings. The minimum absolute atomic E-state index is 0.0375.